The van der Waals surface area contributed by atoms with Crippen LogP contribution in [0.3, 0.4) is 0 Å². The van der Waals surface area contributed by atoms with Gasteiger partial charge in [0.25, 0.3) is 5.69 Å². The van der Waals surface area contributed by atoms with Crippen molar-refractivity contribution in [3.63, 3.8) is 0 Å². The van der Waals surface area contributed by atoms with E-state index < -0.39 is 0 Å². The minimum atomic E-state index is -0.360. The maximum absolute atomic E-state index is 13.5. The number of ether oxygens (including phenoxy) is 1. The molecule has 0 bridgehead atoms. The number of amides is 3. The van der Waals surface area contributed by atoms with Crippen LogP contribution in [0, 0.1) is 17.0 Å². The Morgan fingerprint density at radius 3 is 2.27 bits per heavy atom. The lowest BCUT2D eigenvalue weighted by molar-refractivity contribution is -0.384. The number of urea groups is 1. The highest BCUT2D eigenvalue weighted by Crippen LogP contribution is 2.32. The molecule has 10 nitrogen and oxygen atoms in total. The molecule has 6 rings (SSSR count). The van der Waals surface area contributed by atoms with Gasteiger partial charge in [-0.25, -0.2) is 4.79 Å². The predicted octanol–water partition coefficient (Wildman–Crippen LogP) is 6.03. The van der Waals surface area contributed by atoms with Crippen molar-refractivity contribution >= 4 is 34.6 Å². The van der Waals surface area contributed by atoms with Crippen molar-refractivity contribution in [3.05, 3.63) is 99.6 Å². The fourth-order valence-electron chi connectivity index (χ4n) is 6.69. The number of nitro benzene ring substituents is 1. The van der Waals surface area contributed by atoms with Crippen LogP contribution in [0.1, 0.15) is 42.4 Å². The molecule has 0 spiro atoms. The normalized spacial score (nSPS) is 18.3. The van der Waals surface area contributed by atoms with Gasteiger partial charge in [-0.05, 0) is 84.8 Å². The van der Waals surface area contributed by atoms with Gasteiger partial charge >= 0.3 is 6.03 Å². The molecule has 0 atom stereocenters. The molecule has 3 aromatic rings. The van der Waals surface area contributed by atoms with Crippen molar-refractivity contribution in [1.29, 1.82) is 0 Å². The third-order valence-electron chi connectivity index (χ3n) is 9.32. The molecular formula is C35H39N5O5. The van der Waals surface area contributed by atoms with Crippen LogP contribution in [0.25, 0.3) is 5.57 Å². The second kappa shape index (κ2) is 13.1. The van der Waals surface area contributed by atoms with Gasteiger partial charge in [0.2, 0.25) is 5.91 Å². The number of nitro groups is 1. The maximum atomic E-state index is 13.5. The molecule has 0 saturated carbocycles. The van der Waals surface area contributed by atoms with Crippen molar-refractivity contribution in [2.75, 3.05) is 49.6 Å². The molecule has 10 heteroatoms. The van der Waals surface area contributed by atoms with Crippen molar-refractivity contribution < 1.29 is 19.2 Å². The molecule has 2 fully saturated rings. The molecule has 3 heterocycles. The Labute approximate surface area is 263 Å². The Morgan fingerprint density at radius 2 is 1.64 bits per heavy atom. The highest BCUT2D eigenvalue weighted by Gasteiger charge is 2.34. The second-order valence-corrected chi connectivity index (χ2v) is 12.0. The number of hydrogen-bond acceptors (Lipinski definition) is 7. The summed E-state index contributed by atoms with van der Waals surface area (Å²) in [6.07, 6.45) is 5.72. The summed E-state index contributed by atoms with van der Waals surface area (Å²) in [5.41, 5.74) is 6.40. The van der Waals surface area contributed by atoms with E-state index in [-0.39, 0.29) is 35.5 Å². The van der Waals surface area contributed by atoms with Gasteiger partial charge in [0.1, 0.15) is 5.75 Å². The average Bonchev–Trinajstić information content (AvgIpc) is 3.07. The summed E-state index contributed by atoms with van der Waals surface area (Å²) in [5.74, 6) is 0.575. The number of carbonyl (C=O) groups is 2. The molecule has 3 amide bonds. The Bertz CT molecular complexity index is 1600. The number of anilines is 2. The van der Waals surface area contributed by atoms with E-state index in [9.17, 15) is 19.7 Å². The first-order valence-corrected chi connectivity index (χ1v) is 15.6. The van der Waals surface area contributed by atoms with Crippen molar-refractivity contribution in [3.8, 4) is 5.75 Å². The molecule has 0 aromatic heterocycles. The summed E-state index contributed by atoms with van der Waals surface area (Å²) in [6, 6.07) is 20.8. The topological polar surface area (TPSA) is 99.5 Å². The summed E-state index contributed by atoms with van der Waals surface area (Å²) in [7, 11) is 1.61. The van der Waals surface area contributed by atoms with Crippen LogP contribution in [-0.4, -0.2) is 72.5 Å². The van der Waals surface area contributed by atoms with E-state index in [0.717, 1.165) is 73.7 Å². The quantitative estimate of drug-likeness (QED) is 0.227. The fraction of sp³-hybridized carbons (Fsp3) is 0.371. The number of nitrogens with zero attached hydrogens (tertiary/aromatic N) is 5. The fourth-order valence-corrected chi connectivity index (χ4v) is 6.69. The van der Waals surface area contributed by atoms with E-state index in [1.165, 1.54) is 16.0 Å². The number of methoxy groups -OCH3 is 1. The standard InChI is InChI=1S/C35H39N5O5/c1-25-23-28(5-12-33(25)38-22-17-34(41)39(35(38)42)24-26-3-10-32(45-2)11-4-26)27-13-18-36(19-14-27)30-15-20-37(21-16-30)29-6-8-31(9-7-29)40(43)44/h3-13,23,30H,14-22,24H2,1-2H3. The van der Waals surface area contributed by atoms with E-state index in [4.69, 9.17) is 4.74 Å². The van der Waals surface area contributed by atoms with E-state index in [1.807, 2.05) is 49.4 Å². The van der Waals surface area contributed by atoms with Crippen molar-refractivity contribution in [2.45, 2.75) is 45.2 Å². The molecule has 0 N–H and O–H groups in total. The van der Waals surface area contributed by atoms with Gasteiger partial charge in [0.15, 0.2) is 0 Å². The van der Waals surface area contributed by atoms with Crippen molar-refractivity contribution in [2.24, 2.45) is 0 Å². The van der Waals surface area contributed by atoms with Crippen LogP contribution in [0.2, 0.25) is 0 Å². The number of non-ortho nitro benzene ring substituents is 1. The Kier molecular flexibility index (Phi) is 8.84. The van der Waals surface area contributed by atoms with Gasteiger partial charge < -0.3 is 9.64 Å². The molecule has 0 aliphatic carbocycles. The zero-order valence-electron chi connectivity index (χ0n) is 25.9. The van der Waals surface area contributed by atoms with E-state index in [0.29, 0.717) is 12.6 Å². The number of piperidine rings is 1. The molecule has 45 heavy (non-hydrogen) atoms. The molecule has 0 unspecified atom stereocenters. The highest BCUT2D eigenvalue weighted by atomic mass is 16.6. The van der Waals surface area contributed by atoms with Gasteiger partial charge in [-0.15, -0.1) is 0 Å². The molecule has 3 aromatic carbocycles. The lowest BCUT2D eigenvalue weighted by atomic mass is 9.94. The van der Waals surface area contributed by atoms with Gasteiger partial charge in [-0.3, -0.25) is 29.6 Å². The molecule has 234 valence electrons. The minimum Gasteiger partial charge on any atom is -0.497 e. The van der Waals surface area contributed by atoms with Gasteiger partial charge in [0.05, 0.1) is 18.6 Å². The van der Waals surface area contributed by atoms with Crippen LogP contribution < -0.4 is 14.5 Å². The van der Waals surface area contributed by atoms with E-state index >= 15 is 0 Å². The largest absolute Gasteiger partial charge is 0.497 e. The third kappa shape index (κ3) is 6.56. The number of rotatable bonds is 8. The third-order valence-corrected chi connectivity index (χ3v) is 9.32. The summed E-state index contributed by atoms with van der Waals surface area (Å²) in [4.78, 5) is 44.8. The number of hydrogen-bond donors (Lipinski definition) is 0. The summed E-state index contributed by atoms with van der Waals surface area (Å²) >= 11 is 0. The van der Waals surface area contributed by atoms with Crippen LogP contribution in [0.5, 0.6) is 5.75 Å². The second-order valence-electron chi connectivity index (χ2n) is 12.0. The molecule has 3 aliphatic heterocycles. The molecule has 3 aliphatic rings. The Morgan fingerprint density at radius 1 is 0.911 bits per heavy atom. The number of aryl methyl sites for hydroxylation is 1. The summed E-state index contributed by atoms with van der Waals surface area (Å²) < 4.78 is 5.22. The lowest BCUT2D eigenvalue weighted by Crippen LogP contribution is -2.52. The molecule has 2 saturated heterocycles. The Balaban J connectivity index is 1.06. The summed E-state index contributed by atoms with van der Waals surface area (Å²) in [5, 5.41) is 11.0. The van der Waals surface area contributed by atoms with E-state index in [1.54, 1.807) is 24.1 Å². The van der Waals surface area contributed by atoms with Crippen LogP contribution >= 0.6 is 0 Å². The lowest BCUT2D eigenvalue weighted by Gasteiger charge is -2.40. The zero-order chi connectivity index (χ0) is 31.5. The van der Waals surface area contributed by atoms with Crippen molar-refractivity contribution in [1.82, 2.24) is 9.80 Å². The molecule has 0 radical (unpaired) electrons. The summed E-state index contributed by atoms with van der Waals surface area (Å²) in [6.45, 7) is 6.42. The van der Waals surface area contributed by atoms with E-state index in [2.05, 4.69) is 28.0 Å². The first kappa shape index (κ1) is 30.3. The number of imide groups is 1. The van der Waals surface area contributed by atoms with Crippen LogP contribution in [0.4, 0.5) is 21.9 Å². The first-order chi connectivity index (χ1) is 21.8. The highest BCUT2D eigenvalue weighted by molar-refractivity contribution is 6.06. The van der Waals surface area contributed by atoms with Gasteiger partial charge in [0, 0.05) is 68.7 Å². The monoisotopic (exact) mass is 609 g/mol. The zero-order valence-corrected chi connectivity index (χ0v) is 25.9. The SMILES string of the molecule is COc1ccc(CN2C(=O)CCN(c3ccc(C4=CCN(C5CCN(c6ccc([N+](=O)[O-])cc6)CC5)CC4)cc3C)C2=O)cc1. The van der Waals surface area contributed by atoms with Crippen LogP contribution in [-0.2, 0) is 11.3 Å². The first-order valence-electron chi connectivity index (χ1n) is 15.6. The number of benzene rings is 3. The smallest absolute Gasteiger partial charge is 0.331 e. The van der Waals surface area contributed by atoms with Crippen LogP contribution in [0.15, 0.2) is 72.8 Å². The maximum Gasteiger partial charge on any atom is 0.331 e. The minimum absolute atomic E-state index is 0.123. The molecular weight excluding hydrogens is 570 g/mol. The average molecular weight is 610 g/mol. The van der Waals surface area contributed by atoms with Gasteiger partial charge in [-0.2, -0.15) is 0 Å². The predicted molar refractivity (Wildman–Crippen MR) is 175 cm³/mol. The number of carbonyl (C=O) groups excluding carboxylic acids is 2. The van der Waals surface area contributed by atoms with Gasteiger partial charge in [-0.1, -0.05) is 24.3 Å². The Hall–Kier alpha value is -4.70.